The maximum absolute atomic E-state index is 9.32. The highest BCUT2D eigenvalue weighted by molar-refractivity contribution is 7.09. The van der Waals surface area contributed by atoms with Crippen molar-refractivity contribution in [3.8, 4) is 6.07 Å². The Kier molecular flexibility index (Phi) is 6.06. The largest absolute Gasteiger partial charge is 0.288 e. The molecule has 2 rings (SSSR count). The summed E-state index contributed by atoms with van der Waals surface area (Å²) in [6.07, 6.45) is 2.82. The van der Waals surface area contributed by atoms with Gasteiger partial charge in [-0.3, -0.25) is 4.99 Å². The molecule has 0 saturated heterocycles. The Balaban J connectivity index is 2.05. The number of aliphatic imine (C=N–C) groups is 1. The molecule has 2 aromatic rings. The Labute approximate surface area is 142 Å². The summed E-state index contributed by atoms with van der Waals surface area (Å²) in [5, 5.41) is 12.1. The lowest BCUT2D eigenvalue weighted by atomic mass is 10.00. The van der Waals surface area contributed by atoms with Crippen LogP contribution in [0.2, 0.25) is 0 Å². The molecule has 3 nitrogen and oxygen atoms in total. The monoisotopic (exact) mass is 325 g/mol. The normalized spacial score (nSPS) is 14.1. The van der Waals surface area contributed by atoms with E-state index >= 15 is 0 Å². The molecule has 1 heterocycles. The van der Waals surface area contributed by atoms with Gasteiger partial charge in [-0.2, -0.15) is 5.26 Å². The fraction of sp³-hybridized carbons (Fsp3) is 0.421. The summed E-state index contributed by atoms with van der Waals surface area (Å²) in [6, 6.07) is 10.9. The number of aromatic nitrogens is 1. The first-order valence-electron chi connectivity index (χ1n) is 7.93. The first-order chi connectivity index (χ1) is 11.0. The van der Waals surface area contributed by atoms with E-state index in [4.69, 9.17) is 0 Å². The van der Waals surface area contributed by atoms with Crippen LogP contribution < -0.4 is 0 Å². The van der Waals surface area contributed by atoms with Crippen molar-refractivity contribution >= 4 is 17.6 Å². The van der Waals surface area contributed by atoms with Crippen LogP contribution in [0.4, 0.5) is 0 Å². The summed E-state index contributed by atoms with van der Waals surface area (Å²) in [7, 11) is 0. The van der Waals surface area contributed by atoms with Gasteiger partial charge in [-0.1, -0.05) is 38.1 Å². The smallest absolute Gasteiger partial charge is 0.133 e. The number of thiazole rings is 1. The van der Waals surface area contributed by atoms with E-state index < -0.39 is 0 Å². The predicted octanol–water partition coefficient (Wildman–Crippen LogP) is 5.09. The second-order valence-electron chi connectivity index (χ2n) is 6.25. The maximum atomic E-state index is 9.32. The minimum atomic E-state index is -0.364. The number of aryl methyl sites for hydroxylation is 1. The number of benzene rings is 1. The van der Waals surface area contributed by atoms with Crippen LogP contribution in [0.5, 0.6) is 0 Å². The lowest BCUT2D eigenvalue weighted by molar-refractivity contribution is 0.647. The highest BCUT2D eigenvalue weighted by atomic mass is 32.1. The lowest BCUT2D eigenvalue weighted by Crippen LogP contribution is -1.99. The zero-order valence-electron chi connectivity index (χ0n) is 14.2. The van der Waals surface area contributed by atoms with Crippen molar-refractivity contribution in [2.24, 2.45) is 10.9 Å². The summed E-state index contributed by atoms with van der Waals surface area (Å²) in [5.41, 5.74) is 3.47. The number of nitrogens with zero attached hydrogens (tertiary/aromatic N) is 3. The summed E-state index contributed by atoms with van der Waals surface area (Å²) < 4.78 is 0. The molecule has 0 amide bonds. The van der Waals surface area contributed by atoms with E-state index in [1.54, 1.807) is 6.21 Å². The van der Waals surface area contributed by atoms with Crippen LogP contribution in [0, 0.1) is 24.2 Å². The number of rotatable bonds is 6. The van der Waals surface area contributed by atoms with Gasteiger partial charge in [-0.25, -0.2) is 4.98 Å². The van der Waals surface area contributed by atoms with Crippen LogP contribution in [0.25, 0.3) is 0 Å². The summed E-state index contributed by atoms with van der Waals surface area (Å²) in [5.74, 6) is 0.297. The van der Waals surface area contributed by atoms with Gasteiger partial charge in [0.05, 0.1) is 12.1 Å². The highest BCUT2D eigenvalue weighted by Crippen LogP contribution is 2.22. The van der Waals surface area contributed by atoms with Crippen LogP contribution in [0.1, 0.15) is 54.6 Å². The molecule has 1 aromatic carbocycles. The predicted molar refractivity (Wildman–Crippen MR) is 97.1 cm³/mol. The number of hydrogen-bond donors (Lipinski definition) is 0. The van der Waals surface area contributed by atoms with E-state index in [-0.39, 0.29) is 12.0 Å². The minimum absolute atomic E-state index is 0.0417. The number of hydrogen-bond acceptors (Lipinski definition) is 4. The van der Waals surface area contributed by atoms with Crippen molar-refractivity contribution in [2.45, 2.75) is 46.1 Å². The van der Waals surface area contributed by atoms with Gasteiger partial charge in [0.2, 0.25) is 0 Å². The molecular formula is C19H23N3S. The molecule has 0 aliphatic heterocycles. The van der Waals surface area contributed by atoms with Gasteiger partial charge in [-0.05, 0) is 37.3 Å². The van der Waals surface area contributed by atoms with Crippen LogP contribution in [-0.4, -0.2) is 11.2 Å². The van der Waals surface area contributed by atoms with Crippen LogP contribution >= 0.6 is 11.3 Å². The van der Waals surface area contributed by atoms with Crippen LogP contribution in [-0.2, 0) is 6.42 Å². The molecule has 2 atom stereocenters. The molecule has 23 heavy (non-hydrogen) atoms. The molecule has 0 aliphatic carbocycles. The quantitative estimate of drug-likeness (QED) is 0.695. The van der Waals surface area contributed by atoms with Gasteiger partial charge in [0, 0.05) is 17.3 Å². The third kappa shape index (κ3) is 5.01. The number of nitriles is 1. The zero-order chi connectivity index (χ0) is 16.8. The summed E-state index contributed by atoms with van der Waals surface area (Å²) >= 11 is 1.51. The first-order valence-corrected chi connectivity index (χ1v) is 8.81. The van der Waals surface area contributed by atoms with Gasteiger partial charge in [0.15, 0.2) is 0 Å². The topological polar surface area (TPSA) is 49.0 Å². The fourth-order valence-corrected chi connectivity index (χ4v) is 3.17. The van der Waals surface area contributed by atoms with E-state index in [0.717, 1.165) is 17.1 Å². The van der Waals surface area contributed by atoms with Gasteiger partial charge in [-0.15, -0.1) is 11.3 Å². The molecule has 4 heteroatoms. The molecule has 0 spiro atoms. The fourth-order valence-electron chi connectivity index (χ4n) is 2.37. The van der Waals surface area contributed by atoms with Gasteiger partial charge in [0.25, 0.3) is 0 Å². The molecule has 0 unspecified atom stereocenters. The Morgan fingerprint density at radius 1 is 1.26 bits per heavy atom. The van der Waals surface area contributed by atoms with E-state index in [9.17, 15) is 5.26 Å². The van der Waals surface area contributed by atoms with Crippen molar-refractivity contribution in [2.75, 3.05) is 0 Å². The van der Waals surface area contributed by atoms with Crippen molar-refractivity contribution < 1.29 is 0 Å². The average Bonchev–Trinajstić information content (AvgIpc) is 2.94. The van der Waals surface area contributed by atoms with E-state index in [1.165, 1.54) is 22.5 Å². The molecule has 0 saturated carbocycles. The molecule has 0 bridgehead atoms. The standard InChI is InChI=1S/C19H23N3S/c1-13(2)9-16-5-7-17(8-6-16)15(4)21-11-18(10-20)19-22-14(3)12-23-19/h5-8,11-13,15,18H,9H2,1-4H3/t15-,18-/m1/s1. The van der Waals surface area contributed by atoms with Crippen molar-refractivity contribution in [1.29, 1.82) is 5.26 Å². The van der Waals surface area contributed by atoms with E-state index in [2.05, 4.69) is 61.1 Å². The minimum Gasteiger partial charge on any atom is -0.288 e. The third-order valence-corrected chi connectivity index (χ3v) is 4.65. The Bertz CT molecular complexity index is 692. The zero-order valence-corrected chi connectivity index (χ0v) is 15.0. The van der Waals surface area contributed by atoms with Crippen LogP contribution in [0.3, 0.4) is 0 Å². The molecule has 0 radical (unpaired) electrons. The SMILES string of the molecule is Cc1csc([C@H](C#N)C=N[C@H](C)c2ccc(CC(C)C)cc2)n1. The molecule has 0 N–H and O–H groups in total. The van der Waals surface area contributed by atoms with E-state index in [0.29, 0.717) is 5.92 Å². The lowest BCUT2D eigenvalue weighted by Gasteiger charge is -2.10. The Morgan fingerprint density at radius 2 is 1.96 bits per heavy atom. The van der Waals surface area contributed by atoms with Gasteiger partial charge < -0.3 is 0 Å². The van der Waals surface area contributed by atoms with Crippen molar-refractivity contribution in [3.05, 3.63) is 51.5 Å². The summed E-state index contributed by atoms with van der Waals surface area (Å²) in [6.45, 7) is 8.44. The summed E-state index contributed by atoms with van der Waals surface area (Å²) in [4.78, 5) is 8.94. The first kappa shape index (κ1) is 17.4. The molecule has 1 aromatic heterocycles. The average molecular weight is 325 g/mol. The highest BCUT2D eigenvalue weighted by Gasteiger charge is 2.12. The molecule has 0 aliphatic rings. The van der Waals surface area contributed by atoms with Crippen molar-refractivity contribution in [1.82, 2.24) is 4.98 Å². The van der Waals surface area contributed by atoms with E-state index in [1.807, 2.05) is 12.3 Å². The van der Waals surface area contributed by atoms with Gasteiger partial charge in [0.1, 0.15) is 10.9 Å². The Morgan fingerprint density at radius 3 is 2.48 bits per heavy atom. The molecule has 0 fully saturated rings. The van der Waals surface area contributed by atoms with Crippen LogP contribution in [0.15, 0.2) is 34.6 Å². The second kappa shape index (κ2) is 8.03. The molecule has 120 valence electrons. The third-order valence-electron chi connectivity index (χ3n) is 3.61. The Hall–Kier alpha value is -1.99. The maximum Gasteiger partial charge on any atom is 0.133 e. The second-order valence-corrected chi connectivity index (χ2v) is 7.14. The molecular weight excluding hydrogens is 302 g/mol. The van der Waals surface area contributed by atoms with Gasteiger partial charge >= 0.3 is 0 Å². The van der Waals surface area contributed by atoms with Crippen molar-refractivity contribution in [3.63, 3.8) is 0 Å².